The number of rotatable bonds is 5. The van der Waals surface area contributed by atoms with Crippen LogP contribution in [-0.2, 0) is 11.2 Å². The monoisotopic (exact) mass is 265 g/mol. The predicted octanol–water partition coefficient (Wildman–Crippen LogP) is 3.74. The summed E-state index contributed by atoms with van der Waals surface area (Å²) in [5.74, 6) is -0.0583. The molecule has 0 aromatic heterocycles. The summed E-state index contributed by atoms with van der Waals surface area (Å²) in [4.78, 5) is 12.1. The van der Waals surface area contributed by atoms with Crippen LogP contribution in [0.2, 0.25) is 0 Å². The van der Waals surface area contributed by atoms with E-state index in [9.17, 15) is 4.79 Å². The summed E-state index contributed by atoms with van der Waals surface area (Å²) in [6.45, 7) is 1.91. The Labute approximate surface area is 119 Å². The van der Waals surface area contributed by atoms with Crippen molar-refractivity contribution < 1.29 is 4.79 Å². The minimum absolute atomic E-state index is 0.103. The maximum atomic E-state index is 12.1. The van der Waals surface area contributed by atoms with Crippen LogP contribution in [0.5, 0.6) is 0 Å². The van der Waals surface area contributed by atoms with Crippen molar-refractivity contribution in [1.29, 1.82) is 0 Å². The molecule has 0 aliphatic heterocycles. The highest BCUT2D eigenvalue weighted by atomic mass is 16.1. The van der Waals surface area contributed by atoms with Crippen LogP contribution in [0.15, 0.2) is 66.7 Å². The number of hydrogen-bond acceptors (Lipinski definition) is 2. The molecule has 20 heavy (non-hydrogen) atoms. The predicted molar refractivity (Wildman–Crippen MR) is 83.6 cm³/mol. The van der Waals surface area contributed by atoms with Crippen LogP contribution in [0.25, 0.3) is 0 Å². The molecule has 0 aliphatic carbocycles. The Morgan fingerprint density at radius 1 is 1.15 bits per heavy atom. The fourth-order valence-corrected chi connectivity index (χ4v) is 2.06. The van der Waals surface area contributed by atoms with Gasteiger partial charge < -0.3 is 5.73 Å². The van der Waals surface area contributed by atoms with Gasteiger partial charge in [-0.15, -0.1) is 0 Å². The second-order valence-electron chi connectivity index (χ2n) is 4.89. The van der Waals surface area contributed by atoms with Gasteiger partial charge in [0.05, 0.1) is 0 Å². The zero-order chi connectivity index (χ0) is 14.4. The average molecular weight is 265 g/mol. The molecule has 2 N–H and O–H groups in total. The molecule has 2 rings (SSSR count). The topological polar surface area (TPSA) is 43.1 Å². The van der Waals surface area contributed by atoms with Gasteiger partial charge in [0.25, 0.3) is 0 Å². The van der Waals surface area contributed by atoms with E-state index in [1.165, 1.54) is 5.56 Å². The second-order valence-corrected chi connectivity index (χ2v) is 4.89. The molecule has 0 radical (unpaired) electrons. The lowest BCUT2D eigenvalue weighted by atomic mass is 9.96. The van der Waals surface area contributed by atoms with Gasteiger partial charge in [-0.05, 0) is 35.8 Å². The Hall–Kier alpha value is -2.35. The number of anilines is 1. The molecule has 102 valence electrons. The minimum Gasteiger partial charge on any atom is -0.399 e. The van der Waals surface area contributed by atoms with E-state index >= 15 is 0 Å². The van der Waals surface area contributed by atoms with Gasteiger partial charge in [-0.2, -0.15) is 0 Å². The largest absolute Gasteiger partial charge is 0.399 e. The van der Waals surface area contributed by atoms with Gasteiger partial charge in [0.15, 0.2) is 5.78 Å². The van der Waals surface area contributed by atoms with Crippen molar-refractivity contribution in [1.82, 2.24) is 0 Å². The van der Waals surface area contributed by atoms with Crippen LogP contribution in [0.1, 0.15) is 24.0 Å². The molecule has 2 aromatic rings. The fourth-order valence-electron chi connectivity index (χ4n) is 2.06. The molecule has 1 unspecified atom stereocenters. The number of hydrogen-bond donors (Lipinski definition) is 1. The quantitative estimate of drug-likeness (QED) is 0.661. The lowest BCUT2D eigenvalue weighted by molar-refractivity contribution is -0.115. The molecule has 0 aliphatic rings. The molecule has 2 heteroatoms. The zero-order valence-corrected chi connectivity index (χ0v) is 11.6. The highest BCUT2D eigenvalue weighted by Crippen LogP contribution is 2.19. The molecule has 0 saturated carbocycles. The van der Waals surface area contributed by atoms with Crippen molar-refractivity contribution in [2.24, 2.45) is 0 Å². The van der Waals surface area contributed by atoms with Crippen molar-refractivity contribution in [2.75, 3.05) is 5.73 Å². The van der Waals surface area contributed by atoms with Crippen LogP contribution >= 0.6 is 0 Å². The third-order valence-electron chi connectivity index (χ3n) is 3.32. The van der Waals surface area contributed by atoms with Crippen LogP contribution in [0.3, 0.4) is 0 Å². The van der Waals surface area contributed by atoms with Gasteiger partial charge in [0, 0.05) is 11.6 Å². The number of carbonyl (C=O) groups is 1. The molecule has 2 aromatic carbocycles. The van der Waals surface area contributed by atoms with Gasteiger partial charge in [-0.25, -0.2) is 0 Å². The Morgan fingerprint density at radius 3 is 2.60 bits per heavy atom. The van der Waals surface area contributed by atoms with Gasteiger partial charge in [0.1, 0.15) is 0 Å². The molecule has 2 nitrogen and oxygen atoms in total. The second kappa shape index (κ2) is 6.71. The van der Waals surface area contributed by atoms with E-state index in [1.807, 2.05) is 55.5 Å². The van der Waals surface area contributed by atoms with Crippen LogP contribution in [0, 0.1) is 0 Å². The smallest absolute Gasteiger partial charge is 0.162 e. The first-order valence-corrected chi connectivity index (χ1v) is 6.76. The summed E-state index contributed by atoms with van der Waals surface area (Å²) in [7, 11) is 0. The Morgan fingerprint density at radius 2 is 1.90 bits per heavy atom. The number of nitrogen functional groups attached to an aromatic ring is 1. The third kappa shape index (κ3) is 3.82. The summed E-state index contributed by atoms with van der Waals surface area (Å²) in [6.07, 6.45) is 4.36. The number of nitrogens with two attached hydrogens (primary N) is 1. The van der Waals surface area contributed by atoms with E-state index in [0.717, 1.165) is 12.0 Å². The van der Waals surface area contributed by atoms with Gasteiger partial charge in [0.2, 0.25) is 0 Å². The van der Waals surface area contributed by atoms with Gasteiger partial charge in [-0.1, -0.05) is 55.5 Å². The Balaban J connectivity index is 1.97. The molecule has 0 fully saturated rings. The summed E-state index contributed by atoms with van der Waals surface area (Å²) in [6, 6.07) is 17.6. The van der Waals surface area contributed by atoms with Crippen molar-refractivity contribution in [3.05, 3.63) is 77.9 Å². The van der Waals surface area contributed by atoms with Crippen molar-refractivity contribution in [3.63, 3.8) is 0 Å². The summed E-state index contributed by atoms with van der Waals surface area (Å²) < 4.78 is 0. The standard InChI is InChI=1S/C18H19NO/c1-14(16-10-6-11-17(19)13-16)18(20)12-5-9-15-7-3-2-4-8-15/h2-8,10-14H,9,19H2,1H3/b12-5+. The van der Waals surface area contributed by atoms with Crippen LogP contribution in [0.4, 0.5) is 5.69 Å². The van der Waals surface area contributed by atoms with Gasteiger partial charge in [-0.3, -0.25) is 4.79 Å². The van der Waals surface area contributed by atoms with Gasteiger partial charge >= 0.3 is 0 Å². The highest BCUT2D eigenvalue weighted by molar-refractivity contribution is 5.95. The van der Waals surface area contributed by atoms with Crippen molar-refractivity contribution >= 4 is 11.5 Å². The summed E-state index contributed by atoms with van der Waals surface area (Å²) >= 11 is 0. The van der Waals surface area contributed by atoms with E-state index in [0.29, 0.717) is 5.69 Å². The van der Waals surface area contributed by atoms with E-state index < -0.39 is 0 Å². The number of ketones is 1. The van der Waals surface area contributed by atoms with E-state index in [2.05, 4.69) is 12.1 Å². The SMILES string of the molecule is CC(C(=O)/C=C/Cc1ccccc1)c1cccc(N)c1. The molecule has 1 atom stereocenters. The highest BCUT2D eigenvalue weighted by Gasteiger charge is 2.12. The van der Waals surface area contributed by atoms with E-state index in [-0.39, 0.29) is 11.7 Å². The van der Waals surface area contributed by atoms with Crippen molar-refractivity contribution in [3.8, 4) is 0 Å². The lowest BCUT2D eigenvalue weighted by Gasteiger charge is -2.08. The number of carbonyl (C=O) groups excluding carboxylic acids is 1. The molecular weight excluding hydrogens is 246 g/mol. The summed E-state index contributed by atoms with van der Waals surface area (Å²) in [5, 5.41) is 0. The van der Waals surface area contributed by atoms with E-state index in [4.69, 9.17) is 5.73 Å². The normalized spacial score (nSPS) is 12.4. The minimum atomic E-state index is -0.162. The van der Waals surface area contributed by atoms with Crippen LogP contribution in [-0.4, -0.2) is 5.78 Å². The number of benzene rings is 2. The Kier molecular flexibility index (Phi) is 4.72. The summed E-state index contributed by atoms with van der Waals surface area (Å²) in [5.41, 5.74) is 8.59. The van der Waals surface area contributed by atoms with E-state index in [1.54, 1.807) is 6.08 Å². The van der Waals surface area contributed by atoms with Crippen LogP contribution < -0.4 is 5.73 Å². The number of allylic oxidation sites excluding steroid dienone is 2. The van der Waals surface area contributed by atoms with Crippen molar-refractivity contribution in [2.45, 2.75) is 19.3 Å². The molecule has 0 amide bonds. The Bertz CT molecular complexity index is 602. The first-order chi connectivity index (χ1) is 9.66. The first-order valence-electron chi connectivity index (χ1n) is 6.76. The third-order valence-corrected chi connectivity index (χ3v) is 3.32. The fraction of sp³-hybridized carbons (Fsp3) is 0.167. The molecule has 0 saturated heterocycles. The molecule has 0 spiro atoms. The molecular formula is C18H19NO. The lowest BCUT2D eigenvalue weighted by Crippen LogP contribution is -2.06. The maximum absolute atomic E-state index is 12.1. The average Bonchev–Trinajstić information content (AvgIpc) is 2.47. The molecule has 0 heterocycles. The molecule has 0 bridgehead atoms. The maximum Gasteiger partial charge on any atom is 0.162 e. The zero-order valence-electron chi connectivity index (χ0n) is 11.6. The first kappa shape index (κ1) is 14.1.